The fraction of sp³-hybridized carbons (Fsp3) is 0.125. The van der Waals surface area contributed by atoms with E-state index in [1.165, 1.54) is 0 Å². The van der Waals surface area contributed by atoms with Gasteiger partial charge < -0.3 is 5.95 Å². The second kappa shape index (κ2) is 4.63. The third-order valence-corrected chi connectivity index (χ3v) is 2.41. The molecule has 2 aromatic rings. The quantitative estimate of drug-likeness (QED) is 0.499. The van der Waals surface area contributed by atoms with Crippen LogP contribution in [-0.4, -0.2) is 18.1 Å². The molecule has 0 saturated carbocycles. The zero-order valence-electron chi connectivity index (χ0n) is 9.04. The number of rotatable bonds is 2. The molecule has 76 valence electrons. The van der Waals surface area contributed by atoms with Gasteiger partial charge in [-0.05, 0) is 12.1 Å². The van der Waals surface area contributed by atoms with Gasteiger partial charge in [-0.1, -0.05) is 17.3 Å². The van der Waals surface area contributed by atoms with Crippen LogP contribution >= 0.6 is 0 Å². The summed E-state index contributed by atoms with van der Waals surface area (Å²) in [6.45, 7) is 0. The van der Waals surface area contributed by atoms with Gasteiger partial charge in [-0.2, -0.15) is 8.42 Å². The third kappa shape index (κ3) is 3.02. The fourth-order valence-corrected chi connectivity index (χ4v) is 1.77. The number of hydrogen-bond donors (Lipinski definition) is 1. The minimum absolute atomic E-state index is 0. The van der Waals surface area contributed by atoms with E-state index in [4.69, 9.17) is 9.08 Å². The maximum absolute atomic E-state index is 10.6. The Kier molecular flexibility index (Phi) is 3.91. The Labute approximate surface area is 110 Å². The first kappa shape index (κ1) is 12.7. The van der Waals surface area contributed by atoms with Gasteiger partial charge in [-0.3, -0.25) is 4.55 Å². The fourth-order valence-electron chi connectivity index (χ4n) is 1.21. The summed E-state index contributed by atoms with van der Waals surface area (Å²) in [5.41, 5.74) is 0.731. The summed E-state index contributed by atoms with van der Waals surface area (Å²) in [7, 11) is -4.06. The molecule has 0 aliphatic rings. The van der Waals surface area contributed by atoms with E-state index in [2.05, 4.69) is 5.16 Å². The summed E-state index contributed by atoms with van der Waals surface area (Å²) < 4.78 is 34.7. The van der Waals surface area contributed by atoms with E-state index < -0.39 is 15.9 Å². The zero-order chi connectivity index (χ0) is 10.2. The minimum atomic E-state index is -4.06. The molecule has 0 aliphatic heterocycles. The van der Waals surface area contributed by atoms with Crippen molar-refractivity contribution in [3.05, 3.63) is 30.0 Å². The van der Waals surface area contributed by atoms with E-state index >= 15 is 0 Å². The third-order valence-electron chi connectivity index (χ3n) is 1.77. The van der Waals surface area contributed by atoms with Gasteiger partial charge in [0.05, 0.1) is 0 Å². The molecule has 0 saturated heterocycles. The first-order chi connectivity index (χ1) is 6.56. The summed E-state index contributed by atoms with van der Waals surface area (Å²) >= 11 is 0. The monoisotopic (exact) mass is 237 g/mol. The summed E-state index contributed by atoms with van der Waals surface area (Å²) in [6, 6.07) is 6.86. The Morgan fingerprint density at radius 1 is 1.40 bits per heavy atom. The molecule has 0 amide bonds. The van der Waals surface area contributed by atoms with Crippen LogP contribution in [0.15, 0.2) is 28.8 Å². The molecule has 0 fully saturated rings. The number of hydrogen-bond acceptors (Lipinski definition) is 4. The average molecular weight is 237 g/mol. The largest absolute Gasteiger partial charge is 1.00 e. The molecule has 0 radical (unpaired) electrons. The molecule has 2 rings (SSSR count). The predicted octanol–water partition coefficient (Wildman–Crippen LogP) is -1.67. The molecule has 0 bridgehead atoms. The predicted molar refractivity (Wildman–Crippen MR) is 50.4 cm³/mol. The van der Waals surface area contributed by atoms with Gasteiger partial charge in [0.15, 0.2) is 5.58 Å². The molecule has 7 heteroatoms. The normalized spacial score (nSPS) is 11.3. The molecule has 1 aromatic carbocycles. The van der Waals surface area contributed by atoms with Crippen LogP contribution in [0.25, 0.3) is 11.0 Å². The van der Waals surface area contributed by atoms with Crippen molar-refractivity contribution in [3.63, 3.8) is 0 Å². The Balaban J connectivity index is 0.00000112. The number of nitrogens with zero attached hydrogens (tertiary/aromatic N) is 1. The standard InChI is InChI=1S/C8H7NO4S.Na.H/c10-14(11,12)5-7-6-3-1-2-4-8(6)13-9-7;;/h1-4H,5H2,(H,10,11,12);;/q;+1;-1. The van der Waals surface area contributed by atoms with E-state index in [-0.39, 0.29) is 36.7 Å². The topological polar surface area (TPSA) is 80.4 Å². The smallest absolute Gasteiger partial charge is 1.00 e. The van der Waals surface area contributed by atoms with Crippen LogP contribution < -0.4 is 29.6 Å². The molecule has 0 unspecified atom stereocenters. The van der Waals surface area contributed by atoms with Crippen LogP contribution in [0.4, 0.5) is 0 Å². The Bertz CT molecular complexity index is 568. The molecule has 5 nitrogen and oxygen atoms in total. The summed E-state index contributed by atoms with van der Waals surface area (Å²) in [5.74, 6) is -0.524. The van der Waals surface area contributed by atoms with Gasteiger partial charge in [-0.25, -0.2) is 0 Å². The van der Waals surface area contributed by atoms with Crippen molar-refractivity contribution in [1.82, 2.24) is 5.16 Å². The summed E-state index contributed by atoms with van der Waals surface area (Å²) in [4.78, 5) is 0. The summed E-state index contributed by atoms with van der Waals surface area (Å²) in [6.07, 6.45) is 0. The molecule has 1 heterocycles. The maximum atomic E-state index is 10.6. The van der Waals surface area contributed by atoms with Gasteiger partial charge in [0.1, 0.15) is 11.4 Å². The number of aromatic nitrogens is 1. The van der Waals surface area contributed by atoms with Crippen molar-refractivity contribution in [1.29, 1.82) is 0 Å². The van der Waals surface area contributed by atoms with Gasteiger partial charge in [0.25, 0.3) is 10.1 Å². The van der Waals surface area contributed by atoms with Crippen molar-refractivity contribution in [2.24, 2.45) is 0 Å². The van der Waals surface area contributed by atoms with E-state index in [1.54, 1.807) is 24.3 Å². The van der Waals surface area contributed by atoms with Crippen LogP contribution in [0.5, 0.6) is 0 Å². The van der Waals surface area contributed by atoms with Gasteiger partial charge in [0, 0.05) is 5.39 Å². The second-order valence-electron chi connectivity index (χ2n) is 2.85. The molecule has 15 heavy (non-hydrogen) atoms. The molecule has 1 N–H and O–H groups in total. The van der Waals surface area contributed by atoms with Crippen molar-refractivity contribution in [3.8, 4) is 0 Å². The SMILES string of the molecule is O=S(=O)(O)Cc1noc2ccccc12.[H-].[Na+]. The van der Waals surface area contributed by atoms with E-state index in [0.717, 1.165) is 0 Å². The Hall–Kier alpha value is -0.400. The van der Waals surface area contributed by atoms with E-state index in [9.17, 15) is 8.42 Å². The second-order valence-corrected chi connectivity index (χ2v) is 4.30. The Morgan fingerprint density at radius 2 is 2.07 bits per heavy atom. The maximum Gasteiger partial charge on any atom is 1.00 e. The number of fused-ring (bicyclic) bond motifs is 1. The molecular weight excluding hydrogens is 229 g/mol. The summed E-state index contributed by atoms with van der Waals surface area (Å²) in [5, 5.41) is 4.17. The van der Waals surface area contributed by atoms with E-state index in [0.29, 0.717) is 11.0 Å². The van der Waals surface area contributed by atoms with Crippen LogP contribution in [-0.2, 0) is 15.9 Å². The minimum Gasteiger partial charge on any atom is -1.00 e. The van der Waals surface area contributed by atoms with E-state index in [1.807, 2.05) is 0 Å². The average Bonchev–Trinajstić information content (AvgIpc) is 2.47. The van der Waals surface area contributed by atoms with Crippen molar-refractivity contribution in [2.45, 2.75) is 5.75 Å². The van der Waals surface area contributed by atoms with Crippen LogP contribution in [0.1, 0.15) is 7.12 Å². The van der Waals surface area contributed by atoms with Crippen molar-refractivity contribution < 1.29 is 48.5 Å². The van der Waals surface area contributed by atoms with Gasteiger partial charge >= 0.3 is 29.6 Å². The number of benzene rings is 1. The first-order valence-electron chi connectivity index (χ1n) is 3.85. The van der Waals surface area contributed by atoms with Gasteiger partial charge in [-0.15, -0.1) is 0 Å². The number of para-hydroxylation sites is 1. The molecule has 0 aliphatic carbocycles. The van der Waals surface area contributed by atoms with Crippen molar-refractivity contribution >= 4 is 21.1 Å². The van der Waals surface area contributed by atoms with Crippen LogP contribution in [0.2, 0.25) is 0 Å². The molecule has 0 spiro atoms. The van der Waals surface area contributed by atoms with Crippen LogP contribution in [0, 0.1) is 0 Å². The first-order valence-corrected chi connectivity index (χ1v) is 5.45. The molecule has 0 atom stereocenters. The Morgan fingerprint density at radius 3 is 2.73 bits per heavy atom. The molecule has 1 aromatic heterocycles. The van der Waals surface area contributed by atoms with Crippen LogP contribution in [0.3, 0.4) is 0 Å². The zero-order valence-corrected chi connectivity index (χ0v) is 10.9. The molecular formula is C8H8NNaO4S. The van der Waals surface area contributed by atoms with Gasteiger partial charge in [0.2, 0.25) is 0 Å². The van der Waals surface area contributed by atoms with Crippen molar-refractivity contribution in [2.75, 3.05) is 0 Å².